The number of thiazole rings is 1. The van der Waals surface area contributed by atoms with Crippen LogP contribution in [0.5, 0.6) is 11.6 Å². The van der Waals surface area contributed by atoms with E-state index in [9.17, 15) is 5.11 Å². The van der Waals surface area contributed by atoms with Crippen LogP contribution >= 0.6 is 11.3 Å². The average Bonchev–Trinajstić information content (AvgIpc) is 3.43. The zero-order valence-electron chi connectivity index (χ0n) is 15.0. The zero-order chi connectivity index (χ0) is 18.4. The summed E-state index contributed by atoms with van der Waals surface area (Å²) in [5.41, 5.74) is 1.09. The molecular weight excluding hydrogens is 360 g/mol. The molecule has 1 aliphatic heterocycles. The summed E-state index contributed by atoms with van der Waals surface area (Å²) in [6.07, 6.45) is 3.79. The quantitative estimate of drug-likeness (QED) is 0.583. The Morgan fingerprint density at radius 2 is 1.96 bits per heavy atom. The van der Waals surface area contributed by atoms with Crippen LogP contribution in [0.3, 0.4) is 0 Å². The van der Waals surface area contributed by atoms with Crippen molar-refractivity contribution in [3.63, 3.8) is 0 Å². The predicted octanol–water partition coefficient (Wildman–Crippen LogP) is 3.84. The molecule has 27 heavy (non-hydrogen) atoms. The Labute approximate surface area is 160 Å². The zero-order valence-corrected chi connectivity index (χ0v) is 15.8. The van der Waals surface area contributed by atoms with Crippen molar-refractivity contribution in [1.29, 1.82) is 0 Å². The number of nitrogens with zero attached hydrogens (tertiary/aromatic N) is 4. The van der Waals surface area contributed by atoms with Gasteiger partial charge in [-0.15, -0.1) is 0 Å². The highest BCUT2D eigenvalue weighted by Crippen LogP contribution is 2.46. The molecule has 0 radical (unpaired) electrons. The maximum Gasteiger partial charge on any atom is 0.230 e. The van der Waals surface area contributed by atoms with Crippen molar-refractivity contribution >= 4 is 27.1 Å². The van der Waals surface area contributed by atoms with Crippen LogP contribution in [0.4, 0.5) is 0 Å². The fourth-order valence-corrected chi connectivity index (χ4v) is 5.16. The molecule has 0 aliphatic carbocycles. The minimum Gasteiger partial charge on any atom is -0.496 e. The molecule has 1 aliphatic rings. The molecule has 1 atom stereocenters. The summed E-state index contributed by atoms with van der Waals surface area (Å²) in [4.78, 5) is 8.26. The van der Waals surface area contributed by atoms with Crippen LogP contribution in [0.15, 0.2) is 42.7 Å². The molecule has 5 rings (SSSR count). The first-order valence-electron chi connectivity index (χ1n) is 9.09. The molecule has 1 unspecified atom stereocenters. The van der Waals surface area contributed by atoms with Gasteiger partial charge in [-0.3, -0.25) is 4.90 Å². The summed E-state index contributed by atoms with van der Waals surface area (Å²) in [5.74, 6) is 1.00. The lowest BCUT2D eigenvalue weighted by Crippen LogP contribution is -2.26. The van der Waals surface area contributed by atoms with E-state index in [2.05, 4.69) is 39.2 Å². The van der Waals surface area contributed by atoms with Gasteiger partial charge in [0.05, 0.1) is 18.0 Å². The Morgan fingerprint density at radius 1 is 1.15 bits per heavy atom. The number of fused-ring (bicyclic) bond motifs is 2. The minimum absolute atomic E-state index is 0.0953. The molecule has 6 nitrogen and oxygen atoms in total. The summed E-state index contributed by atoms with van der Waals surface area (Å²) in [6.45, 7) is 1.98. The number of aromatic hydroxyl groups is 1. The number of ether oxygens (including phenoxy) is 1. The number of rotatable bonds is 4. The largest absolute Gasteiger partial charge is 0.496 e. The molecular formula is C20H20N4O2S. The van der Waals surface area contributed by atoms with Crippen LogP contribution in [0.25, 0.3) is 15.7 Å². The highest BCUT2D eigenvalue weighted by atomic mass is 32.1. The Morgan fingerprint density at radius 3 is 2.74 bits per heavy atom. The first-order valence-corrected chi connectivity index (χ1v) is 9.90. The molecule has 2 aromatic heterocycles. The SMILES string of the molecule is COc1ccc2ccccc2c1C(c1sc2ncnn2c1O)N1CCCC1. The lowest BCUT2D eigenvalue weighted by atomic mass is 9.95. The van der Waals surface area contributed by atoms with E-state index in [1.165, 1.54) is 22.2 Å². The van der Waals surface area contributed by atoms with Crippen molar-refractivity contribution in [2.45, 2.75) is 18.9 Å². The Bertz CT molecular complexity index is 1110. The molecule has 0 bridgehead atoms. The van der Waals surface area contributed by atoms with Crippen LogP contribution in [0.1, 0.15) is 29.3 Å². The van der Waals surface area contributed by atoms with Gasteiger partial charge in [-0.05, 0) is 42.8 Å². The second-order valence-corrected chi connectivity index (χ2v) is 7.80. The minimum atomic E-state index is -0.0953. The van der Waals surface area contributed by atoms with E-state index in [4.69, 9.17) is 4.74 Å². The molecule has 0 spiro atoms. The maximum atomic E-state index is 10.9. The first-order chi connectivity index (χ1) is 13.3. The van der Waals surface area contributed by atoms with E-state index in [-0.39, 0.29) is 11.9 Å². The predicted molar refractivity (Wildman–Crippen MR) is 106 cm³/mol. The highest BCUT2D eigenvalue weighted by molar-refractivity contribution is 7.17. The van der Waals surface area contributed by atoms with Crippen LogP contribution in [-0.4, -0.2) is 44.8 Å². The van der Waals surface area contributed by atoms with E-state index in [1.54, 1.807) is 7.11 Å². The van der Waals surface area contributed by atoms with Gasteiger partial charge in [-0.25, -0.2) is 4.98 Å². The van der Waals surface area contributed by atoms with Crippen molar-refractivity contribution in [3.05, 3.63) is 53.2 Å². The second kappa shape index (κ2) is 6.51. The van der Waals surface area contributed by atoms with Crippen molar-refractivity contribution in [2.24, 2.45) is 0 Å². The van der Waals surface area contributed by atoms with E-state index in [1.807, 2.05) is 12.1 Å². The first kappa shape index (κ1) is 16.5. The summed E-state index contributed by atoms with van der Waals surface area (Å²) in [6, 6.07) is 12.4. The molecule has 0 saturated carbocycles. The molecule has 2 aromatic carbocycles. The smallest absolute Gasteiger partial charge is 0.230 e. The van der Waals surface area contributed by atoms with E-state index >= 15 is 0 Å². The Kier molecular flexibility index (Phi) is 3.98. The van der Waals surface area contributed by atoms with Gasteiger partial charge in [-0.2, -0.15) is 9.61 Å². The molecule has 4 aromatic rings. The van der Waals surface area contributed by atoms with Gasteiger partial charge >= 0.3 is 0 Å². The van der Waals surface area contributed by atoms with E-state index in [0.717, 1.165) is 52.9 Å². The number of aromatic nitrogens is 3. The third-order valence-electron chi connectivity index (χ3n) is 5.32. The van der Waals surface area contributed by atoms with Gasteiger partial charge in [0.1, 0.15) is 12.1 Å². The maximum absolute atomic E-state index is 10.9. The lowest BCUT2D eigenvalue weighted by Gasteiger charge is -2.29. The number of likely N-dealkylation sites (tertiary alicyclic amines) is 1. The van der Waals surface area contributed by atoms with Crippen LogP contribution in [0.2, 0.25) is 0 Å². The lowest BCUT2D eigenvalue weighted by molar-refractivity contribution is 0.271. The number of hydrogen-bond acceptors (Lipinski definition) is 6. The van der Waals surface area contributed by atoms with Crippen molar-refractivity contribution in [1.82, 2.24) is 19.5 Å². The topological polar surface area (TPSA) is 62.9 Å². The number of hydrogen-bond donors (Lipinski definition) is 1. The van der Waals surface area contributed by atoms with Crippen LogP contribution in [-0.2, 0) is 0 Å². The summed E-state index contributed by atoms with van der Waals surface area (Å²) in [5, 5.41) is 17.4. The van der Waals surface area contributed by atoms with Gasteiger partial charge < -0.3 is 9.84 Å². The number of methoxy groups -OCH3 is 1. The molecule has 1 N–H and O–H groups in total. The fourth-order valence-electron chi connectivity index (χ4n) is 4.09. The van der Waals surface area contributed by atoms with Gasteiger partial charge in [0.2, 0.25) is 10.8 Å². The number of benzene rings is 2. The van der Waals surface area contributed by atoms with E-state index < -0.39 is 0 Å². The van der Waals surface area contributed by atoms with E-state index in [0.29, 0.717) is 4.96 Å². The van der Waals surface area contributed by atoms with Gasteiger partial charge in [-0.1, -0.05) is 41.7 Å². The Hall–Kier alpha value is -2.64. The highest BCUT2D eigenvalue weighted by Gasteiger charge is 2.33. The molecule has 1 saturated heterocycles. The normalized spacial score (nSPS) is 16.3. The van der Waals surface area contributed by atoms with Crippen LogP contribution in [0, 0.1) is 0 Å². The molecule has 3 heterocycles. The van der Waals surface area contributed by atoms with Gasteiger partial charge in [0.25, 0.3) is 0 Å². The molecule has 138 valence electrons. The third-order valence-corrected chi connectivity index (χ3v) is 6.40. The standard InChI is InChI=1S/C20H20N4O2S/c1-26-15-9-8-13-6-2-3-7-14(13)16(15)17(23-10-4-5-11-23)18-19(25)24-20(27-18)21-12-22-24/h2-3,6-9,12,17,25H,4-5,10-11H2,1H3. The average molecular weight is 380 g/mol. The molecule has 7 heteroatoms. The Balaban J connectivity index is 1.80. The molecule has 1 fully saturated rings. The van der Waals surface area contributed by atoms with Crippen molar-refractivity contribution in [2.75, 3.05) is 20.2 Å². The van der Waals surface area contributed by atoms with Gasteiger partial charge in [0, 0.05) is 5.56 Å². The monoisotopic (exact) mass is 380 g/mol. The van der Waals surface area contributed by atoms with Crippen LogP contribution < -0.4 is 4.74 Å². The van der Waals surface area contributed by atoms with Crippen molar-refractivity contribution < 1.29 is 9.84 Å². The second-order valence-electron chi connectivity index (χ2n) is 6.79. The van der Waals surface area contributed by atoms with Crippen molar-refractivity contribution in [3.8, 4) is 11.6 Å². The van der Waals surface area contributed by atoms with Gasteiger partial charge in [0.15, 0.2) is 0 Å². The third kappa shape index (κ3) is 2.57. The summed E-state index contributed by atoms with van der Waals surface area (Å²) < 4.78 is 7.28. The molecule has 0 amide bonds. The summed E-state index contributed by atoms with van der Waals surface area (Å²) >= 11 is 1.49. The summed E-state index contributed by atoms with van der Waals surface area (Å²) in [7, 11) is 1.71. The fraction of sp³-hybridized carbons (Fsp3) is 0.300.